The SMILES string of the molecule is CC(O)c1nc2ccccc2n1CC(=O)Nc1ccccc1. The number of anilines is 1. The fourth-order valence-corrected chi connectivity index (χ4v) is 2.44. The Morgan fingerprint density at radius 2 is 1.86 bits per heavy atom. The molecule has 0 fully saturated rings. The molecule has 5 nitrogen and oxygen atoms in total. The Balaban J connectivity index is 1.89. The number of para-hydroxylation sites is 3. The van der Waals surface area contributed by atoms with E-state index in [2.05, 4.69) is 10.3 Å². The number of hydrogen-bond donors (Lipinski definition) is 2. The van der Waals surface area contributed by atoms with E-state index >= 15 is 0 Å². The number of rotatable bonds is 4. The number of fused-ring (bicyclic) bond motifs is 1. The number of hydrogen-bond acceptors (Lipinski definition) is 3. The summed E-state index contributed by atoms with van der Waals surface area (Å²) >= 11 is 0. The van der Waals surface area contributed by atoms with Crippen LogP contribution in [0.5, 0.6) is 0 Å². The second-order valence-electron chi connectivity index (χ2n) is 5.14. The highest BCUT2D eigenvalue weighted by atomic mass is 16.3. The number of carbonyl (C=O) groups excluding carboxylic acids is 1. The standard InChI is InChI=1S/C17H17N3O2/c1-12(21)17-19-14-9-5-6-10-15(14)20(17)11-16(22)18-13-7-3-2-4-8-13/h2-10,12,21H,11H2,1H3,(H,18,22). The molecule has 0 bridgehead atoms. The van der Waals surface area contributed by atoms with Crippen LogP contribution in [0.3, 0.4) is 0 Å². The fraction of sp³-hybridized carbons (Fsp3) is 0.176. The average molecular weight is 295 g/mol. The van der Waals surface area contributed by atoms with Crippen molar-refractivity contribution in [1.82, 2.24) is 9.55 Å². The highest BCUT2D eigenvalue weighted by Crippen LogP contribution is 2.20. The Bertz CT molecular complexity index is 794. The normalized spacial score (nSPS) is 12.3. The Morgan fingerprint density at radius 1 is 1.18 bits per heavy atom. The van der Waals surface area contributed by atoms with E-state index in [4.69, 9.17) is 0 Å². The van der Waals surface area contributed by atoms with Crippen LogP contribution in [0.1, 0.15) is 18.9 Å². The van der Waals surface area contributed by atoms with Gasteiger partial charge in [0.15, 0.2) is 0 Å². The van der Waals surface area contributed by atoms with Crippen LogP contribution >= 0.6 is 0 Å². The first-order valence-electron chi connectivity index (χ1n) is 7.13. The molecule has 1 amide bonds. The topological polar surface area (TPSA) is 67.2 Å². The monoisotopic (exact) mass is 295 g/mol. The molecule has 0 aliphatic heterocycles. The predicted octanol–water partition coefficient (Wildman–Crippen LogP) is 2.73. The van der Waals surface area contributed by atoms with Crippen molar-refractivity contribution in [3.63, 3.8) is 0 Å². The average Bonchev–Trinajstić information content (AvgIpc) is 2.87. The van der Waals surface area contributed by atoms with Crippen molar-refractivity contribution in [3.05, 3.63) is 60.4 Å². The van der Waals surface area contributed by atoms with E-state index in [9.17, 15) is 9.90 Å². The first-order valence-corrected chi connectivity index (χ1v) is 7.13. The van der Waals surface area contributed by atoms with Crippen molar-refractivity contribution in [2.45, 2.75) is 19.6 Å². The third-order valence-electron chi connectivity index (χ3n) is 3.42. The van der Waals surface area contributed by atoms with Gasteiger partial charge in [0.25, 0.3) is 0 Å². The van der Waals surface area contributed by atoms with Crippen molar-refractivity contribution in [1.29, 1.82) is 0 Å². The van der Waals surface area contributed by atoms with E-state index in [0.717, 1.165) is 16.7 Å². The van der Waals surface area contributed by atoms with Crippen LogP contribution < -0.4 is 5.32 Å². The lowest BCUT2D eigenvalue weighted by Gasteiger charge is -2.11. The Morgan fingerprint density at radius 3 is 2.59 bits per heavy atom. The molecule has 112 valence electrons. The van der Waals surface area contributed by atoms with Gasteiger partial charge in [0.05, 0.1) is 11.0 Å². The molecule has 0 aliphatic rings. The van der Waals surface area contributed by atoms with Crippen molar-refractivity contribution < 1.29 is 9.90 Å². The Labute approximate surface area is 128 Å². The zero-order valence-corrected chi connectivity index (χ0v) is 12.2. The number of aliphatic hydroxyl groups is 1. The maximum atomic E-state index is 12.3. The summed E-state index contributed by atoms with van der Waals surface area (Å²) in [5.41, 5.74) is 2.35. The van der Waals surface area contributed by atoms with Crippen molar-refractivity contribution in [2.75, 3.05) is 5.32 Å². The van der Waals surface area contributed by atoms with Gasteiger partial charge in [-0.15, -0.1) is 0 Å². The van der Waals surface area contributed by atoms with Gasteiger partial charge in [-0.1, -0.05) is 30.3 Å². The van der Waals surface area contributed by atoms with Gasteiger partial charge in [-0.25, -0.2) is 4.98 Å². The molecule has 5 heteroatoms. The third-order valence-corrected chi connectivity index (χ3v) is 3.42. The third kappa shape index (κ3) is 2.84. The zero-order valence-electron chi connectivity index (χ0n) is 12.2. The maximum Gasteiger partial charge on any atom is 0.244 e. The lowest BCUT2D eigenvalue weighted by atomic mass is 10.3. The quantitative estimate of drug-likeness (QED) is 0.777. The number of benzene rings is 2. The summed E-state index contributed by atoms with van der Waals surface area (Å²) in [7, 11) is 0. The molecule has 2 aromatic carbocycles. The summed E-state index contributed by atoms with van der Waals surface area (Å²) in [5, 5.41) is 12.7. The van der Waals surface area contributed by atoms with Crippen LogP contribution in [-0.2, 0) is 11.3 Å². The number of imidazole rings is 1. The Kier molecular flexibility index (Phi) is 3.89. The van der Waals surface area contributed by atoms with Gasteiger partial charge in [0, 0.05) is 5.69 Å². The molecule has 0 saturated heterocycles. The van der Waals surface area contributed by atoms with Gasteiger partial charge in [-0.3, -0.25) is 4.79 Å². The van der Waals surface area contributed by atoms with Crippen LogP contribution in [0, 0.1) is 0 Å². The number of nitrogens with zero attached hydrogens (tertiary/aromatic N) is 2. The summed E-state index contributed by atoms with van der Waals surface area (Å²) in [4.78, 5) is 16.7. The highest BCUT2D eigenvalue weighted by Gasteiger charge is 2.16. The zero-order chi connectivity index (χ0) is 15.5. The smallest absolute Gasteiger partial charge is 0.244 e. The van der Waals surface area contributed by atoms with Gasteiger partial charge >= 0.3 is 0 Å². The molecule has 1 unspecified atom stereocenters. The minimum Gasteiger partial charge on any atom is -0.385 e. The molecule has 0 spiro atoms. The molecule has 3 rings (SSSR count). The van der Waals surface area contributed by atoms with Crippen LogP contribution in [0.15, 0.2) is 54.6 Å². The fourth-order valence-electron chi connectivity index (χ4n) is 2.44. The molecular formula is C17H17N3O2. The highest BCUT2D eigenvalue weighted by molar-refractivity contribution is 5.91. The summed E-state index contributed by atoms with van der Waals surface area (Å²) in [6, 6.07) is 16.8. The molecular weight excluding hydrogens is 278 g/mol. The molecule has 0 radical (unpaired) electrons. The summed E-state index contributed by atoms with van der Waals surface area (Å²) in [5.74, 6) is 0.334. The Hall–Kier alpha value is -2.66. The number of aliphatic hydroxyl groups excluding tert-OH is 1. The molecule has 2 N–H and O–H groups in total. The summed E-state index contributed by atoms with van der Waals surface area (Å²) in [6.45, 7) is 1.75. The maximum absolute atomic E-state index is 12.3. The van der Waals surface area contributed by atoms with Gasteiger partial charge in [-0.05, 0) is 31.2 Å². The molecule has 1 aromatic heterocycles. The predicted molar refractivity (Wildman–Crippen MR) is 85.4 cm³/mol. The van der Waals surface area contributed by atoms with E-state index in [-0.39, 0.29) is 12.5 Å². The minimum absolute atomic E-state index is 0.107. The van der Waals surface area contributed by atoms with E-state index in [0.29, 0.717) is 5.82 Å². The molecule has 0 aliphatic carbocycles. The molecule has 22 heavy (non-hydrogen) atoms. The number of aromatic nitrogens is 2. The van der Waals surface area contributed by atoms with Crippen LogP contribution in [0.4, 0.5) is 5.69 Å². The van der Waals surface area contributed by atoms with Gasteiger partial charge in [0.2, 0.25) is 5.91 Å². The van der Waals surface area contributed by atoms with Crippen molar-refractivity contribution in [3.8, 4) is 0 Å². The number of amides is 1. The molecule has 3 aromatic rings. The van der Waals surface area contributed by atoms with E-state index in [1.807, 2.05) is 54.6 Å². The van der Waals surface area contributed by atoms with Gasteiger partial charge in [-0.2, -0.15) is 0 Å². The second-order valence-corrected chi connectivity index (χ2v) is 5.14. The molecule has 1 heterocycles. The minimum atomic E-state index is -0.739. The number of nitrogens with one attached hydrogen (secondary N) is 1. The largest absolute Gasteiger partial charge is 0.385 e. The first-order chi connectivity index (χ1) is 10.6. The van der Waals surface area contributed by atoms with E-state index in [1.165, 1.54) is 0 Å². The lowest BCUT2D eigenvalue weighted by molar-refractivity contribution is -0.116. The number of carbonyl (C=O) groups is 1. The lowest BCUT2D eigenvalue weighted by Crippen LogP contribution is -2.20. The van der Waals surface area contributed by atoms with Gasteiger partial charge < -0.3 is 15.0 Å². The van der Waals surface area contributed by atoms with Crippen molar-refractivity contribution in [2.24, 2.45) is 0 Å². The first kappa shape index (κ1) is 14.3. The summed E-state index contributed by atoms with van der Waals surface area (Å²) in [6.07, 6.45) is -0.739. The van der Waals surface area contributed by atoms with Gasteiger partial charge in [0.1, 0.15) is 18.5 Å². The molecule has 0 saturated carbocycles. The van der Waals surface area contributed by atoms with Crippen LogP contribution in [-0.4, -0.2) is 20.6 Å². The van der Waals surface area contributed by atoms with Crippen LogP contribution in [0.25, 0.3) is 11.0 Å². The molecule has 1 atom stereocenters. The van der Waals surface area contributed by atoms with E-state index < -0.39 is 6.10 Å². The van der Waals surface area contributed by atoms with E-state index in [1.54, 1.807) is 11.5 Å². The van der Waals surface area contributed by atoms with Crippen LogP contribution in [0.2, 0.25) is 0 Å². The summed E-state index contributed by atoms with van der Waals surface area (Å²) < 4.78 is 1.75. The second kappa shape index (κ2) is 5.99. The van der Waals surface area contributed by atoms with Crippen molar-refractivity contribution >= 4 is 22.6 Å².